The standard InChI is InChI=1S/C16H24BrClN2O/c1-5-11(6-2)14(20(3)4)10-19-16(21)12-8-7-9-13(17)15(12)18/h7-9,11,14H,5-6,10H2,1-4H3,(H,19,21). The van der Waals surface area contributed by atoms with E-state index in [4.69, 9.17) is 11.6 Å². The van der Waals surface area contributed by atoms with Crippen LogP contribution in [0, 0.1) is 5.92 Å². The van der Waals surface area contributed by atoms with Gasteiger partial charge in [-0.05, 0) is 48.1 Å². The number of halogens is 2. The average Bonchev–Trinajstić information content (AvgIpc) is 2.45. The Kier molecular flexibility index (Phi) is 7.71. The second-order valence-electron chi connectivity index (χ2n) is 5.42. The molecular formula is C16H24BrClN2O. The fourth-order valence-corrected chi connectivity index (χ4v) is 3.15. The number of nitrogens with one attached hydrogen (secondary N) is 1. The van der Waals surface area contributed by atoms with Gasteiger partial charge in [0.05, 0.1) is 10.6 Å². The lowest BCUT2D eigenvalue weighted by atomic mass is 9.93. The number of nitrogens with zero attached hydrogens (tertiary/aromatic N) is 1. The van der Waals surface area contributed by atoms with Crippen LogP contribution in [0.15, 0.2) is 22.7 Å². The Hall–Kier alpha value is -0.580. The molecule has 0 spiro atoms. The lowest BCUT2D eigenvalue weighted by Crippen LogP contribution is -2.44. The van der Waals surface area contributed by atoms with Crippen molar-refractivity contribution in [1.82, 2.24) is 10.2 Å². The zero-order valence-corrected chi connectivity index (χ0v) is 15.5. The van der Waals surface area contributed by atoms with Gasteiger partial charge in [0, 0.05) is 17.1 Å². The second kappa shape index (κ2) is 8.76. The van der Waals surface area contributed by atoms with Gasteiger partial charge in [0.2, 0.25) is 0 Å². The summed E-state index contributed by atoms with van der Waals surface area (Å²) in [4.78, 5) is 14.5. The molecule has 1 unspecified atom stereocenters. The number of hydrogen-bond donors (Lipinski definition) is 1. The van der Waals surface area contributed by atoms with E-state index < -0.39 is 0 Å². The Morgan fingerprint density at radius 3 is 2.48 bits per heavy atom. The lowest BCUT2D eigenvalue weighted by Gasteiger charge is -2.31. The van der Waals surface area contributed by atoms with Crippen molar-refractivity contribution in [3.8, 4) is 0 Å². The molecule has 1 amide bonds. The molecule has 118 valence electrons. The van der Waals surface area contributed by atoms with E-state index >= 15 is 0 Å². The van der Waals surface area contributed by atoms with Crippen LogP contribution in [-0.2, 0) is 0 Å². The van der Waals surface area contributed by atoms with E-state index in [1.54, 1.807) is 6.07 Å². The molecule has 0 fully saturated rings. The van der Waals surface area contributed by atoms with Gasteiger partial charge in [-0.25, -0.2) is 0 Å². The summed E-state index contributed by atoms with van der Waals surface area (Å²) in [5.41, 5.74) is 0.507. The fourth-order valence-electron chi connectivity index (χ4n) is 2.58. The minimum absolute atomic E-state index is 0.126. The highest BCUT2D eigenvalue weighted by Gasteiger charge is 2.22. The molecule has 0 aliphatic rings. The van der Waals surface area contributed by atoms with Crippen molar-refractivity contribution in [2.75, 3.05) is 20.6 Å². The minimum Gasteiger partial charge on any atom is -0.350 e. The van der Waals surface area contributed by atoms with E-state index in [1.165, 1.54) is 0 Å². The molecule has 0 saturated carbocycles. The summed E-state index contributed by atoms with van der Waals surface area (Å²) in [6, 6.07) is 5.71. The van der Waals surface area contributed by atoms with Crippen molar-refractivity contribution in [3.63, 3.8) is 0 Å². The van der Waals surface area contributed by atoms with Gasteiger partial charge in [0.15, 0.2) is 0 Å². The zero-order chi connectivity index (χ0) is 16.0. The third kappa shape index (κ3) is 4.97. The van der Waals surface area contributed by atoms with Crippen LogP contribution in [-0.4, -0.2) is 37.5 Å². The summed E-state index contributed by atoms with van der Waals surface area (Å²) in [7, 11) is 4.11. The SMILES string of the molecule is CCC(CC)C(CNC(=O)c1cccc(Br)c1Cl)N(C)C. The first kappa shape index (κ1) is 18.5. The van der Waals surface area contributed by atoms with E-state index in [2.05, 4.69) is 54.1 Å². The average molecular weight is 376 g/mol. The Labute approximate surface area is 141 Å². The largest absolute Gasteiger partial charge is 0.350 e. The molecule has 3 nitrogen and oxygen atoms in total. The monoisotopic (exact) mass is 374 g/mol. The number of carbonyl (C=O) groups excluding carboxylic acids is 1. The van der Waals surface area contributed by atoms with Crippen molar-refractivity contribution >= 4 is 33.4 Å². The summed E-state index contributed by atoms with van der Waals surface area (Å²) >= 11 is 9.51. The van der Waals surface area contributed by atoms with Crippen LogP contribution in [0.25, 0.3) is 0 Å². The van der Waals surface area contributed by atoms with Gasteiger partial charge >= 0.3 is 0 Å². The highest BCUT2D eigenvalue weighted by atomic mass is 79.9. The van der Waals surface area contributed by atoms with E-state index in [1.807, 2.05) is 12.1 Å². The maximum absolute atomic E-state index is 12.3. The van der Waals surface area contributed by atoms with Crippen LogP contribution in [0.5, 0.6) is 0 Å². The predicted octanol–water partition coefficient (Wildman–Crippen LogP) is 4.20. The van der Waals surface area contributed by atoms with Crippen molar-refractivity contribution in [2.24, 2.45) is 5.92 Å². The predicted molar refractivity (Wildman–Crippen MR) is 93.0 cm³/mol. The molecule has 1 rings (SSSR count). The molecule has 0 heterocycles. The first-order chi connectivity index (χ1) is 9.92. The molecule has 0 radical (unpaired) electrons. The van der Waals surface area contributed by atoms with Crippen molar-refractivity contribution < 1.29 is 4.79 Å². The van der Waals surface area contributed by atoms with E-state index in [-0.39, 0.29) is 5.91 Å². The van der Waals surface area contributed by atoms with Crippen LogP contribution in [0.2, 0.25) is 5.02 Å². The van der Waals surface area contributed by atoms with Crippen LogP contribution in [0.4, 0.5) is 0 Å². The highest BCUT2D eigenvalue weighted by molar-refractivity contribution is 9.10. The molecule has 0 aliphatic heterocycles. The maximum Gasteiger partial charge on any atom is 0.252 e. The topological polar surface area (TPSA) is 32.3 Å². The molecule has 0 bridgehead atoms. The summed E-state index contributed by atoms with van der Waals surface area (Å²) in [6.07, 6.45) is 2.21. The van der Waals surface area contributed by atoms with Crippen LogP contribution in [0.1, 0.15) is 37.0 Å². The second-order valence-corrected chi connectivity index (χ2v) is 6.65. The molecule has 0 saturated heterocycles. The first-order valence-electron chi connectivity index (χ1n) is 7.30. The van der Waals surface area contributed by atoms with Crippen LogP contribution in [0.3, 0.4) is 0 Å². The molecule has 1 aromatic rings. The van der Waals surface area contributed by atoms with Gasteiger partial charge < -0.3 is 10.2 Å². The lowest BCUT2D eigenvalue weighted by molar-refractivity contribution is 0.0929. The van der Waals surface area contributed by atoms with E-state index in [0.29, 0.717) is 29.1 Å². The molecular weight excluding hydrogens is 352 g/mol. The number of benzene rings is 1. The van der Waals surface area contributed by atoms with E-state index in [9.17, 15) is 4.79 Å². The third-order valence-electron chi connectivity index (χ3n) is 3.92. The van der Waals surface area contributed by atoms with Gasteiger partial charge in [-0.1, -0.05) is 44.4 Å². The van der Waals surface area contributed by atoms with Crippen molar-refractivity contribution in [1.29, 1.82) is 0 Å². The smallest absolute Gasteiger partial charge is 0.252 e. The number of rotatable bonds is 7. The fraction of sp³-hybridized carbons (Fsp3) is 0.562. The summed E-state index contributed by atoms with van der Waals surface area (Å²) < 4.78 is 0.737. The number of amides is 1. The summed E-state index contributed by atoms with van der Waals surface area (Å²) in [5, 5.41) is 3.47. The molecule has 0 aliphatic carbocycles. The van der Waals surface area contributed by atoms with Gasteiger partial charge in [-0.15, -0.1) is 0 Å². The minimum atomic E-state index is -0.126. The normalized spacial score (nSPS) is 12.8. The van der Waals surface area contributed by atoms with Gasteiger partial charge in [0.1, 0.15) is 0 Å². The Morgan fingerprint density at radius 1 is 1.33 bits per heavy atom. The third-order valence-corrected chi connectivity index (χ3v) is 5.22. The number of carbonyl (C=O) groups is 1. The maximum atomic E-state index is 12.3. The quantitative estimate of drug-likeness (QED) is 0.774. The molecule has 1 atom stereocenters. The van der Waals surface area contributed by atoms with Crippen LogP contribution < -0.4 is 5.32 Å². The Bertz CT molecular complexity index is 475. The van der Waals surface area contributed by atoms with Crippen molar-refractivity contribution in [3.05, 3.63) is 33.3 Å². The van der Waals surface area contributed by atoms with Crippen LogP contribution >= 0.6 is 27.5 Å². The van der Waals surface area contributed by atoms with Gasteiger partial charge in [-0.2, -0.15) is 0 Å². The number of likely N-dealkylation sites (N-methyl/N-ethyl adjacent to an activating group) is 1. The van der Waals surface area contributed by atoms with Gasteiger partial charge in [-0.3, -0.25) is 4.79 Å². The summed E-state index contributed by atoms with van der Waals surface area (Å²) in [6.45, 7) is 5.01. The number of hydrogen-bond acceptors (Lipinski definition) is 2. The van der Waals surface area contributed by atoms with Crippen molar-refractivity contribution in [2.45, 2.75) is 32.7 Å². The first-order valence-corrected chi connectivity index (χ1v) is 8.48. The molecule has 0 aromatic heterocycles. The molecule has 1 aromatic carbocycles. The Balaban J connectivity index is 2.76. The van der Waals surface area contributed by atoms with Gasteiger partial charge in [0.25, 0.3) is 5.91 Å². The van der Waals surface area contributed by atoms with E-state index in [0.717, 1.165) is 17.3 Å². The molecule has 21 heavy (non-hydrogen) atoms. The summed E-state index contributed by atoms with van der Waals surface area (Å²) in [5.74, 6) is 0.442. The molecule has 1 N–H and O–H groups in total. The zero-order valence-electron chi connectivity index (χ0n) is 13.1. The Morgan fingerprint density at radius 2 is 1.95 bits per heavy atom. The highest BCUT2D eigenvalue weighted by Crippen LogP contribution is 2.26. The molecule has 5 heteroatoms.